The lowest BCUT2D eigenvalue weighted by atomic mass is 10.2. The maximum Gasteiger partial charge on any atom is 0.318 e. The molecule has 8 heteroatoms. The number of sulfonamides is 1. The average molecular weight is 275 g/mol. The lowest BCUT2D eigenvalue weighted by molar-refractivity contribution is -0.137. The van der Waals surface area contributed by atoms with E-state index >= 15 is 0 Å². The third-order valence-electron chi connectivity index (χ3n) is 2.72. The summed E-state index contributed by atoms with van der Waals surface area (Å²) in [6.45, 7) is 2.93. The van der Waals surface area contributed by atoms with Crippen molar-refractivity contribution in [3.8, 4) is 0 Å². The molecule has 0 aromatic carbocycles. The van der Waals surface area contributed by atoms with Crippen molar-refractivity contribution in [3.05, 3.63) is 12.3 Å². The van der Waals surface area contributed by atoms with Crippen LogP contribution in [0.1, 0.15) is 20.3 Å². The number of aliphatic carboxylic acids is 1. The molecule has 0 spiro atoms. The van der Waals surface area contributed by atoms with E-state index in [2.05, 4.69) is 5.10 Å². The van der Waals surface area contributed by atoms with Crippen LogP contribution < -0.4 is 0 Å². The van der Waals surface area contributed by atoms with E-state index in [0.29, 0.717) is 6.42 Å². The van der Waals surface area contributed by atoms with Gasteiger partial charge < -0.3 is 5.11 Å². The highest BCUT2D eigenvalue weighted by atomic mass is 32.2. The minimum atomic E-state index is -3.84. The van der Waals surface area contributed by atoms with Crippen LogP contribution in [-0.4, -0.2) is 46.2 Å². The zero-order chi connectivity index (χ0) is 13.9. The normalized spacial score (nSPS) is 13.8. The summed E-state index contributed by atoms with van der Waals surface area (Å²) in [6, 6.07) is 0.966. The summed E-state index contributed by atoms with van der Waals surface area (Å²) in [6.07, 6.45) is 1.90. The number of carboxylic acid groups (broad SMARTS) is 1. The lowest BCUT2D eigenvalue weighted by Gasteiger charge is -2.25. The number of aromatic nitrogens is 2. The average Bonchev–Trinajstić information content (AvgIpc) is 2.71. The molecule has 18 heavy (non-hydrogen) atoms. The van der Waals surface area contributed by atoms with Crippen molar-refractivity contribution in [1.29, 1.82) is 0 Å². The maximum atomic E-state index is 12.4. The van der Waals surface area contributed by atoms with E-state index in [1.165, 1.54) is 24.0 Å². The van der Waals surface area contributed by atoms with Crippen LogP contribution in [0.15, 0.2) is 17.3 Å². The number of rotatable bonds is 6. The fraction of sp³-hybridized carbons (Fsp3) is 0.600. The van der Waals surface area contributed by atoms with Gasteiger partial charge in [-0.1, -0.05) is 6.92 Å². The molecule has 0 fully saturated rings. The molecule has 0 radical (unpaired) electrons. The third-order valence-corrected chi connectivity index (χ3v) is 4.76. The Hall–Kier alpha value is -1.41. The van der Waals surface area contributed by atoms with Gasteiger partial charge in [-0.2, -0.15) is 9.40 Å². The molecule has 0 bridgehead atoms. The summed E-state index contributed by atoms with van der Waals surface area (Å²) >= 11 is 0. The summed E-state index contributed by atoms with van der Waals surface area (Å²) in [5, 5.41) is 12.6. The second-order valence-corrected chi connectivity index (χ2v) is 5.83. The van der Waals surface area contributed by atoms with Crippen molar-refractivity contribution in [1.82, 2.24) is 14.1 Å². The predicted molar refractivity (Wildman–Crippen MR) is 64.5 cm³/mol. The van der Waals surface area contributed by atoms with Crippen LogP contribution in [0.5, 0.6) is 0 Å². The number of hydrogen-bond acceptors (Lipinski definition) is 4. The summed E-state index contributed by atoms with van der Waals surface area (Å²) < 4.78 is 26.9. The van der Waals surface area contributed by atoms with Gasteiger partial charge in [0.05, 0.1) is 6.20 Å². The van der Waals surface area contributed by atoms with Gasteiger partial charge in [0.25, 0.3) is 10.0 Å². The van der Waals surface area contributed by atoms with Gasteiger partial charge in [0.15, 0.2) is 5.03 Å². The Morgan fingerprint density at radius 3 is 2.61 bits per heavy atom. The van der Waals surface area contributed by atoms with Gasteiger partial charge in [0, 0.05) is 13.1 Å². The van der Waals surface area contributed by atoms with Gasteiger partial charge >= 0.3 is 5.97 Å². The molecule has 0 aliphatic rings. The number of carboxylic acids is 1. The van der Waals surface area contributed by atoms with E-state index in [4.69, 9.17) is 5.11 Å². The molecule has 1 N–H and O–H groups in total. The van der Waals surface area contributed by atoms with Gasteiger partial charge in [0.2, 0.25) is 0 Å². The molecule has 1 aromatic rings. The first-order chi connectivity index (χ1) is 8.30. The second kappa shape index (κ2) is 5.49. The van der Waals surface area contributed by atoms with Crippen LogP contribution in [0, 0.1) is 0 Å². The number of hydrogen-bond donors (Lipinski definition) is 1. The highest BCUT2D eigenvalue weighted by Crippen LogP contribution is 2.18. The Labute approximate surface area is 106 Å². The van der Waals surface area contributed by atoms with E-state index in [9.17, 15) is 13.2 Å². The van der Waals surface area contributed by atoms with Crippen molar-refractivity contribution in [3.63, 3.8) is 0 Å². The van der Waals surface area contributed by atoms with Crippen molar-refractivity contribution in [2.45, 2.75) is 31.3 Å². The summed E-state index contributed by atoms with van der Waals surface area (Å²) in [5.41, 5.74) is 0. The molecule has 1 rings (SSSR count). The fourth-order valence-corrected chi connectivity index (χ4v) is 3.31. The minimum absolute atomic E-state index is 0.0101. The minimum Gasteiger partial charge on any atom is -0.480 e. The van der Waals surface area contributed by atoms with Crippen LogP contribution in [0.2, 0.25) is 0 Å². The molecule has 1 heterocycles. The molecule has 1 unspecified atom stereocenters. The van der Waals surface area contributed by atoms with Gasteiger partial charge in [-0.15, -0.1) is 0 Å². The van der Waals surface area contributed by atoms with E-state index in [1.54, 1.807) is 13.8 Å². The molecule has 7 nitrogen and oxygen atoms in total. The largest absolute Gasteiger partial charge is 0.480 e. The maximum absolute atomic E-state index is 12.4. The number of aryl methyl sites for hydroxylation is 1. The topological polar surface area (TPSA) is 92.5 Å². The third kappa shape index (κ3) is 2.88. The molecule has 1 aromatic heterocycles. The van der Waals surface area contributed by atoms with E-state index < -0.39 is 22.5 Å². The van der Waals surface area contributed by atoms with Crippen LogP contribution >= 0.6 is 0 Å². The summed E-state index contributed by atoms with van der Waals surface area (Å²) in [5.74, 6) is -1.18. The zero-order valence-electron chi connectivity index (χ0n) is 10.6. The molecule has 0 amide bonds. The monoisotopic (exact) mass is 275 g/mol. The van der Waals surface area contributed by atoms with Crippen LogP contribution in [-0.2, 0) is 21.9 Å². The quantitative estimate of drug-likeness (QED) is 0.805. The van der Waals surface area contributed by atoms with Crippen LogP contribution in [0.3, 0.4) is 0 Å². The Balaban J connectivity index is 3.20. The first-order valence-electron chi connectivity index (χ1n) is 5.52. The molecule has 0 aliphatic carbocycles. The van der Waals surface area contributed by atoms with E-state index in [1.807, 2.05) is 0 Å². The Kier molecular flexibility index (Phi) is 4.47. The molecule has 102 valence electrons. The Morgan fingerprint density at radius 2 is 2.22 bits per heavy atom. The van der Waals surface area contributed by atoms with Gasteiger partial charge in [0.1, 0.15) is 6.54 Å². The standard InChI is InChI=1S/C10H17N3O4S/c1-4-8(2)13(7-10(14)15)18(16,17)9-5-6-11-12(9)3/h5-6,8H,4,7H2,1-3H3,(H,14,15). The molecule has 0 saturated heterocycles. The van der Waals surface area contributed by atoms with E-state index in [-0.39, 0.29) is 11.1 Å². The van der Waals surface area contributed by atoms with Crippen LogP contribution in [0.25, 0.3) is 0 Å². The van der Waals surface area contributed by atoms with Crippen molar-refractivity contribution < 1.29 is 18.3 Å². The van der Waals surface area contributed by atoms with Crippen molar-refractivity contribution in [2.75, 3.05) is 6.54 Å². The first kappa shape index (κ1) is 14.7. The molecular weight excluding hydrogens is 258 g/mol. The summed E-state index contributed by atoms with van der Waals surface area (Å²) in [7, 11) is -2.34. The SMILES string of the molecule is CCC(C)N(CC(=O)O)S(=O)(=O)c1ccnn1C. The van der Waals surface area contributed by atoms with Gasteiger partial charge in [-0.3, -0.25) is 9.48 Å². The lowest BCUT2D eigenvalue weighted by Crippen LogP contribution is -2.42. The highest BCUT2D eigenvalue weighted by molar-refractivity contribution is 7.89. The molecule has 0 saturated carbocycles. The van der Waals surface area contributed by atoms with Crippen molar-refractivity contribution in [2.24, 2.45) is 7.05 Å². The molecule has 0 aliphatic heterocycles. The Morgan fingerprint density at radius 1 is 1.61 bits per heavy atom. The smallest absolute Gasteiger partial charge is 0.318 e. The summed E-state index contributed by atoms with van der Waals surface area (Å²) in [4.78, 5) is 10.8. The van der Waals surface area contributed by atoms with Crippen molar-refractivity contribution >= 4 is 16.0 Å². The fourth-order valence-electron chi connectivity index (χ4n) is 1.55. The zero-order valence-corrected chi connectivity index (χ0v) is 11.4. The molecular formula is C10H17N3O4S. The first-order valence-corrected chi connectivity index (χ1v) is 6.96. The highest BCUT2D eigenvalue weighted by Gasteiger charge is 2.32. The second-order valence-electron chi connectivity index (χ2n) is 3.99. The number of nitrogens with zero attached hydrogens (tertiary/aromatic N) is 3. The van der Waals surface area contributed by atoms with E-state index in [0.717, 1.165) is 4.31 Å². The van der Waals surface area contributed by atoms with Crippen LogP contribution in [0.4, 0.5) is 0 Å². The molecule has 1 atom stereocenters. The van der Waals surface area contributed by atoms with Gasteiger partial charge in [-0.05, 0) is 19.4 Å². The van der Waals surface area contributed by atoms with Gasteiger partial charge in [-0.25, -0.2) is 8.42 Å². The number of carbonyl (C=O) groups is 1. The Bertz CT molecular complexity index is 523. The predicted octanol–water partition coefficient (Wildman–Crippen LogP) is 0.294.